The van der Waals surface area contributed by atoms with Gasteiger partial charge < -0.3 is 15.4 Å². The predicted molar refractivity (Wildman–Crippen MR) is 86.6 cm³/mol. The molecule has 21 heavy (non-hydrogen) atoms. The van der Waals surface area contributed by atoms with E-state index in [0.717, 1.165) is 24.1 Å². The average molecular weight is 304 g/mol. The fourth-order valence-electron chi connectivity index (χ4n) is 2.41. The van der Waals surface area contributed by atoms with Crippen molar-refractivity contribution < 1.29 is 9.53 Å². The van der Waals surface area contributed by atoms with Crippen LogP contribution in [0.2, 0.25) is 0 Å². The maximum atomic E-state index is 12.4. The summed E-state index contributed by atoms with van der Waals surface area (Å²) in [4.78, 5) is 12.4. The van der Waals surface area contributed by atoms with Gasteiger partial charge in [0.1, 0.15) is 0 Å². The minimum atomic E-state index is -0.294. The Balaban J connectivity index is 2.46. The van der Waals surface area contributed by atoms with E-state index in [1.165, 1.54) is 0 Å². The van der Waals surface area contributed by atoms with Crippen LogP contribution in [0.25, 0.3) is 0 Å². The Bertz CT molecular complexity index is 555. The Morgan fingerprint density at radius 1 is 1.29 bits per heavy atom. The summed E-state index contributed by atoms with van der Waals surface area (Å²) in [5.74, 6) is -0.294. The predicted octanol–water partition coefficient (Wildman–Crippen LogP) is 2.82. The van der Waals surface area contributed by atoms with Crippen molar-refractivity contribution in [2.45, 2.75) is 32.7 Å². The van der Waals surface area contributed by atoms with E-state index in [2.05, 4.69) is 17.6 Å². The Kier molecular flexibility index (Phi) is 5.33. The maximum Gasteiger partial charge on any atom is 0.338 e. The summed E-state index contributed by atoms with van der Waals surface area (Å²) >= 11 is 5.27. The Morgan fingerprint density at radius 3 is 2.62 bits per heavy atom. The minimum absolute atomic E-state index is 0.263. The Hall–Kier alpha value is -1.88. The zero-order chi connectivity index (χ0) is 15.2. The minimum Gasteiger partial charge on any atom is -0.463 e. The number of thiocarbonyl (C=S) groups is 1. The summed E-state index contributed by atoms with van der Waals surface area (Å²) in [6.07, 6.45) is 1.69. The van der Waals surface area contributed by atoms with Crippen LogP contribution < -0.4 is 10.6 Å². The lowest BCUT2D eigenvalue weighted by atomic mass is 9.94. The van der Waals surface area contributed by atoms with Crippen molar-refractivity contribution in [3.63, 3.8) is 0 Å². The molecule has 0 unspecified atom stereocenters. The van der Waals surface area contributed by atoms with Gasteiger partial charge in [-0.2, -0.15) is 0 Å². The summed E-state index contributed by atoms with van der Waals surface area (Å²) < 4.78 is 5.22. The van der Waals surface area contributed by atoms with Gasteiger partial charge in [-0.1, -0.05) is 43.7 Å². The van der Waals surface area contributed by atoms with Crippen LogP contribution in [0.4, 0.5) is 0 Å². The molecule has 0 fully saturated rings. The van der Waals surface area contributed by atoms with Gasteiger partial charge in [0.15, 0.2) is 5.11 Å². The summed E-state index contributed by atoms with van der Waals surface area (Å²) in [6, 6.07) is 9.54. The molecule has 5 heteroatoms. The Labute approximate surface area is 130 Å². The quantitative estimate of drug-likeness (QED) is 0.647. The molecule has 1 heterocycles. The summed E-state index contributed by atoms with van der Waals surface area (Å²) in [7, 11) is 0. The first-order valence-electron chi connectivity index (χ1n) is 7.20. The largest absolute Gasteiger partial charge is 0.463 e. The van der Waals surface area contributed by atoms with Crippen LogP contribution in [0.3, 0.4) is 0 Å². The molecule has 0 saturated carbocycles. The zero-order valence-corrected chi connectivity index (χ0v) is 13.1. The highest BCUT2D eigenvalue weighted by atomic mass is 32.1. The van der Waals surface area contributed by atoms with Crippen molar-refractivity contribution in [1.29, 1.82) is 0 Å². The standard InChI is InChI=1S/C16H20N2O2S/c1-3-8-12-13(15(19)20-4-2)14(18-16(21)17-12)11-9-6-5-7-10-11/h5-7,9-10,14H,3-4,8H2,1-2H3,(H2,17,18,21)/t14-/m1/s1. The highest BCUT2D eigenvalue weighted by Crippen LogP contribution is 2.29. The van der Waals surface area contributed by atoms with Gasteiger partial charge in [0.05, 0.1) is 18.2 Å². The SMILES string of the molecule is CCCC1=C(C(=O)OCC)[C@@H](c2ccccc2)NC(=S)N1. The first-order valence-corrected chi connectivity index (χ1v) is 7.60. The van der Waals surface area contributed by atoms with Gasteiger partial charge in [-0.3, -0.25) is 0 Å². The second-order valence-corrected chi connectivity index (χ2v) is 5.21. The molecule has 4 nitrogen and oxygen atoms in total. The lowest BCUT2D eigenvalue weighted by molar-refractivity contribution is -0.139. The molecule has 1 aromatic rings. The topological polar surface area (TPSA) is 50.4 Å². The van der Waals surface area contributed by atoms with E-state index >= 15 is 0 Å². The molecule has 2 rings (SSSR count). The molecule has 1 aliphatic rings. The number of ether oxygens (including phenoxy) is 1. The van der Waals surface area contributed by atoms with Crippen molar-refractivity contribution in [2.24, 2.45) is 0 Å². The van der Waals surface area contributed by atoms with Gasteiger partial charge in [0, 0.05) is 5.70 Å². The monoisotopic (exact) mass is 304 g/mol. The third-order valence-electron chi connectivity index (χ3n) is 3.28. The molecular weight excluding hydrogens is 284 g/mol. The van der Waals surface area contributed by atoms with Crippen molar-refractivity contribution in [3.05, 3.63) is 47.2 Å². The van der Waals surface area contributed by atoms with Gasteiger partial charge in [-0.25, -0.2) is 4.79 Å². The third kappa shape index (κ3) is 3.61. The number of carbonyl (C=O) groups excluding carboxylic acids is 1. The molecular formula is C16H20N2O2S. The molecule has 2 N–H and O–H groups in total. The lowest BCUT2D eigenvalue weighted by Gasteiger charge is -2.31. The highest BCUT2D eigenvalue weighted by molar-refractivity contribution is 7.80. The molecule has 0 aliphatic carbocycles. The van der Waals surface area contributed by atoms with Crippen LogP contribution in [0, 0.1) is 0 Å². The fourth-order valence-corrected chi connectivity index (χ4v) is 2.65. The molecule has 112 valence electrons. The molecule has 0 radical (unpaired) electrons. The van der Waals surface area contributed by atoms with Gasteiger partial charge in [0.25, 0.3) is 0 Å². The highest BCUT2D eigenvalue weighted by Gasteiger charge is 2.31. The van der Waals surface area contributed by atoms with Crippen molar-refractivity contribution >= 4 is 23.3 Å². The molecule has 0 amide bonds. The second-order valence-electron chi connectivity index (χ2n) is 4.80. The van der Waals surface area contributed by atoms with E-state index < -0.39 is 0 Å². The van der Waals surface area contributed by atoms with E-state index in [9.17, 15) is 4.79 Å². The normalized spacial score (nSPS) is 18.0. The number of carbonyl (C=O) groups is 1. The first kappa shape index (κ1) is 15.5. The molecule has 0 spiro atoms. The number of esters is 1. The number of allylic oxidation sites excluding steroid dienone is 1. The van der Waals surface area contributed by atoms with Crippen molar-refractivity contribution in [1.82, 2.24) is 10.6 Å². The number of hydrogen-bond donors (Lipinski definition) is 2. The first-order chi connectivity index (χ1) is 10.2. The van der Waals surface area contributed by atoms with E-state index in [1.807, 2.05) is 37.3 Å². The van der Waals surface area contributed by atoms with Gasteiger partial charge in [-0.15, -0.1) is 0 Å². The zero-order valence-electron chi connectivity index (χ0n) is 12.3. The second kappa shape index (κ2) is 7.22. The number of hydrogen-bond acceptors (Lipinski definition) is 3. The average Bonchev–Trinajstić information content (AvgIpc) is 2.48. The van der Waals surface area contributed by atoms with Gasteiger partial charge in [-0.05, 0) is 31.1 Å². The molecule has 1 atom stereocenters. The van der Waals surface area contributed by atoms with E-state index in [-0.39, 0.29) is 12.0 Å². The summed E-state index contributed by atoms with van der Waals surface area (Å²) in [5, 5.41) is 6.82. The van der Waals surface area contributed by atoms with E-state index in [4.69, 9.17) is 17.0 Å². The number of rotatable bonds is 5. The summed E-state index contributed by atoms with van der Waals surface area (Å²) in [5.41, 5.74) is 2.48. The molecule has 1 aliphatic heterocycles. The fraction of sp³-hybridized carbons (Fsp3) is 0.375. The molecule has 1 aromatic carbocycles. The molecule has 0 bridgehead atoms. The van der Waals surface area contributed by atoms with Crippen molar-refractivity contribution in [3.8, 4) is 0 Å². The van der Waals surface area contributed by atoms with E-state index in [0.29, 0.717) is 17.3 Å². The van der Waals surface area contributed by atoms with Crippen LogP contribution >= 0.6 is 12.2 Å². The number of benzene rings is 1. The van der Waals surface area contributed by atoms with Crippen molar-refractivity contribution in [2.75, 3.05) is 6.61 Å². The molecule has 0 aromatic heterocycles. The molecule has 0 saturated heterocycles. The van der Waals surface area contributed by atoms with E-state index in [1.54, 1.807) is 0 Å². The third-order valence-corrected chi connectivity index (χ3v) is 3.50. The van der Waals surface area contributed by atoms with Crippen LogP contribution in [-0.4, -0.2) is 17.7 Å². The summed E-state index contributed by atoms with van der Waals surface area (Å²) in [6.45, 7) is 4.23. The Morgan fingerprint density at radius 2 is 2.00 bits per heavy atom. The van der Waals surface area contributed by atoms with Gasteiger partial charge in [0.2, 0.25) is 0 Å². The van der Waals surface area contributed by atoms with Crippen LogP contribution in [0.15, 0.2) is 41.6 Å². The maximum absolute atomic E-state index is 12.4. The smallest absolute Gasteiger partial charge is 0.338 e. The van der Waals surface area contributed by atoms with Crippen LogP contribution in [0.1, 0.15) is 38.3 Å². The lowest BCUT2D eigenvalue weighted by Crippen LogP contribution is -2.45. The number of nitrogens with one attached hydrogen (secondary N) is 2. The van der Waals surface area contributed by atoms with Crippen LogP contribution in [-0.2, 0) is 9.53 Å². The van der Waals surface area contributed by atoms with Gasteiger partial charge >= 0.3 is 5.97 Å². The van der Waals surface area contributed by atoms with Crippen LogP contribution in [0.5, 0.6) is 0 Å².